The highest BCUT2D eigenvalue weighted by atomic mass is 32.1. The zero-order valence-electron chi connectivity index (χ0n) is 7.19. The van der Waals surface area contributed by atoms with E-state index in [1.165, 1.54) is 14.8 Å². The molecule has 0 saturated heterocycles. The molecule has 0 saturated carbocycles. The summed E-state index contributed by atoms with van der Waals surface area (Å²) in [5.41, 5.74) is 0.825. The van der Waals surface area contributed by atoms with Gasteiger partial charge in [-0.05, 0) is 6.07 Å². The van der Waals surface area contributed by atoms with E-state index >= 15 is 0 Å². The maximum absolute atomic E-state index is 10.8. The summed E-state index contributed by atoms with van der Waals surface area (Å²) < 4.78 is 3.64. The largest absolute Gasteiger partial charge is 0.298 e. The standard InChI is InChI=1S/C11H6OS2/c12-5-7-6-13-11-8-3-1-2-4-9(8)14-10(7)11/h1-6H. The highest BCUT2D eigenvalue weighted by Crippen LogP contribution is 2.39. The van der Waals surface area contributed by atoms with Crippen LogP contribution in [0.3, 0.4) is 0 Å². The first kappa shape index (κ1) is 8.15. The van der Waals surface area contributed by atoms with Gasteiger partial charge in [0.2, 0.25) is 0 Å². The Kier molecular flexibility index (Phi) is 1.69. The maximum atomic E-state index is 10.8. The number of fused-ring (bicyclic) bond motifs is 3. The molecule has 2 heterocycles. The predicted molar refractivity (Wildman–Crippen MR) is 62.6 cm³/mol. The van der Waals surface area contributed by atoms with Gasteiger partial charge in [-0.2, -0.15) is 0 Å². The molecule has 3 heteroatoms. The van der Waals surface area contributed by atoms with Gasteiger partial charge in [-0.15, -0.1) is 22.7 Å². The molecule has 0 aliphatic rings. The minimum absolute atomic E-state index is 0.825. The SMILES string of the molecule is O=Cc1csc2c1sc1ccccc12. The van der Waals surface area contributed by atoms with E-state index in [2.05, 4.69) is 12.1 Å². The summed E-state index contributed by atoms with van der Waals surface area (Å²) >= 11 is 3.35. The second kappa shape index (κ2) is 2.90. The molecule has 3 rings (SSSR count). The third-order valence-electron chi connectivity index (χ3n) is 2.24. The van der Waals surface area contributed by atoms with Crippen molar-refractivity contribution in [2.45, 2.75) is 0 Å². The lowest BCUT2D eigenvalue weighted by molar-refractivity contribution is 0.112. The van der Waals surface area contributed by atoms with E-state index < -0.39 is 0 Å². The number of carbonyl (C=O) groups excluding carboxylic acids is 1. The van der Waals surface area contributed by atoms with Crippen LogP contribution in [-0.2, 0) is 0 Å². The molecular formula is C11H6OS2. The van der Waals surface area contributed by atoms with Crippen molar-refractivity contribution in [2.24, 2.45) is 0 Å². The Hall–Kier alpha value is -1.19. The van der Waals surface area contributed by atoms with Gasteiger partial charge in [0.05, 0.1) is 9.40 Å². The molecule has 0 aliphatic carbocycles. The van der Waals surface area contributed by atoms with Crippen molar-refractivity contribution >= 4 is 48.4 Å². The van der Waals surface area contributed by atoms with Gasteiger partial charge >= 0.3 is 0 Å². The Morgan fingerprint density at radius 1 is 1.14 bits per heavy atom. The predicted octanol–water partition coefficient (Wildman–Crippen LogP) is 3.93. The van der Waals surface area contributed by atoms with E-state index in [0.29, 0.717) is 0 Å². The molecular weight excluding hydrogens is 212 g/mol. The zero-order chi connectivity index (χ0) is 9.54. The highest BCUT2D eigenvalue weighted by molar-refractivity contribution is 7.32. The normalized spacial score (nSPS) is 11.1. The number of rotatable bonds is 1. The smallest absolute Gasteiger partial charge is 0.152 e. The molecule has 0 amide bonds. The van der Waals surface area contributed by atoms with E-state index in [4.69, 9.17) is 0 Å². The summed E-state index contributed by atoms with van der Waals surface area (Å²) in [6, 6.07) is 8.28. The molecule has 0 N–H and O–H groups in total. The van der Waals surface area contributed by atoms with Gasteiger partial charge in [-0.25, -0.2) is 0 Å². The van der Waals surface area contributed by atoms with Crippen LogP contribution in [0.4, 0.5) is 0 Å². The molecule has 0 spiro atoms. The fourth-order valence-corrected chi connectivity index (χ4v) is 4.02. The topological polar surface area (TPSA) is 17.1 Å². The number of benzene rings is 1. The number of aldehydes is 1. The van der Waals surface area contributed by atoms with E-state index in [0.717, 1.165) is 16.5 Å². The van der Waals surface area contributed by atoms with Crippen molar-refractivity contribution < 1.29 is 4.79 Å². The Balaban J connectivity index is 2.57. The quantitative estimate of drug-likeness (QED) is 0.566. The summed E-state index contributed by atoms with van der Waals surface area (Å²) in [4.78, 5) is 10.8. The summed E-state index contributed by atoms with van der Waals surface area (Å²) in [6.07, 6.45) is 0.939. The van der Waals surface area contributed by atoms with Crippen molar-refractivity contribution in [3.8, 4) is 0 Å². The molecule has 3 aromatic rings. The van der Waals surface area contributed by atoms with Crippen molar-refractivity contribution in [2.75, 3.05) is 0 Å². The Bertz CT molecular complexity index is 618. The van der Waals surface area contributed by atoms with Gasteiger partial charge in [0.1, 0.15) is 0 Å². The minimum Gasteiger partial charge on any atom is -0.298 e. The number of hydrogen-bond acceptors (Lipinski definition) is 3. The van der Waals surface area contributed by atoms with Crippen LogP contribution in [0.1, 0.15) is 10.4 Å². The fraction of sp³-hybridized carbons (Fsp3) is 0. The van der Waals surface area contributed by atoms with Crippen molar-refractivity contribution in [1.82, 2.24) is 0 Å². The van der Waals surface area contributed by atoms with E-state index in [9.17, 15) is 4.79 Å². The van der Waals surface area contributed by atoms with Crippen molar-refractivity contribution in [3.63, 3.8) is 0 Å². The Morgan fingerprint density at radius 2 is 2.00 bits per heavy atom. The third-order valence-corrected chi connectivity index (χ3v) is 4.62. The van der Waals surface area contributed by atoms with Crippen LogP contribution in [-0.4, -0.2) is 6.29 Å². The van der Waals surface area contributed by atoms with Crippen LogP contribution in [0.25, 0.3) is 19.5 Å². The number of carbonyl (C=O) groups is 1. The maximum Gasteiger partial charge on any atom is 0.152 e. The zero-order valence-corrected chi connectivity index (χ0v) is 8.82. The lowest BCUT2D eigenvalue weighted by atomic mass is 10.2. The summed E-state index contributed by atoms with van der Waals surface area (Å²) in [5, 5.41) is 3.20. The lowest BCUT2D eigenvalue weighted by Crippen LogP contribution is -1.67. The molecule has 0 aliphatic heterocycles. The number of thiophene rings is 2. The molecule has 0 unspecified atom stereocenters. The summed E-state index contributed by atoms with van der Waals surface area (Å²) in [5.74, 6) is 0. The minimum atomic E-state index is 0.825. The fourth-order valence-electron chi connectivity index (χ4n) is 1.59. The molecule has 2 aromatic heterocycles. The van der Waals surface area contributed by atoms with Gasteiger partial charge in [0.25, 0.3) is 0 Å². The second-order valence-electron chi connectivity index (χ2n) is 3.07. The first-order valence-corrected chi connectivity index (χ1v) is 5.93. The Morgan fingerprint density at radius 3 is 2.86 bits per heavy atom. The summed E-state index contributed by atoms with van der Waals surface area (Å²) in [7, 11) is 0. The molecule has 14 heavy (non-hydrogen) atoms. The van der Waals surface area contributed by atoms with Gasteiger partial charge in [-0.1, -0.05) is 18.2 Å². The van der Waals surface area contributed by atoms with Crippen LogP contribution in [0.2, 0.25) is 0 Å². The molecule has 0 atom stereocenters. The van der Waals surface area contributed by atoms with Gasteiger partial charge < -0.3 is 0 Å². The van der Waals surface area contributed by atoms with Gasteiger partial charge in [-0.3, -0.25) is 4.79 Å². The lowest BCUT2D eigenvalue weighted by Gasteiger charge is -1.84. The van der Waals surface area contributed by atoms with E-state index in [1.54, 1.807) is 22.7 Å². The molecule has 0 fully saturated rings. The van der Waals surface area contributed by atoms with Crippen LogP contribution in [0.15, 0.2) is 29.6 Å². The molecule has 1 nitrogen and oxygen atoms in total. The molecule has 0 radical (unpaired) electrons. The van der Waals surface area contributed by atoms with Gasteiger partial charge in [0.15, 0.2) is 6.29 Å². The Labute approximate surface area is 88.6 Å². The first-order valence-electron chi connectivity index (χ1n) is 4.24. The van der Waals surface area contributed by atoms with Crippen LogP contribution < -0.4 is 0 Å². The van der Waals surface area contributed by atoms with Gasteiger partial charge in [0, 0.05) is 21.0 Å². The molecule has 1 aromatic carbocycles. The average Bonchev–Trinajstić information content (AvgIpc) is 2.75. The summed E-state index contributed by atoms with van der Waals surface area (Å²) in [6.45, 7) is 0. The van der Waals surface area contributed by atoms with Crippen molar-refractivity contribution in [1.29, 1.82) is 0 Å². The molecule has 0 bridgehead atoms. The van der Waals surface area contributed by atoms with Crippen molar-refractivity contribution in [3.05, 3.63) is 35.2 Å². The van der Waals surface area contributed by atoms with Crippen LogP contribution in [0, 0.1) is 0 Å². The van der Waals surface area contributed by atoms with E-state index in [1.807, 2.05) is 17.5 Å². The number of hydrogen-bond donors (Lipinski definition) is 0. The first-order chi connectivity index (χ1) is 6.90. The molecule has 68 valence electrons. The monoisotopic (exact) mass is 218 g/mol. The average molecular weight is 218 g/mol. The van der Waals surface area contributed by atoms with E-state index in [-0.39, 0.29) is 0 Å². The third kappa shape index (κ3) is 0.966. The second-order valence-corrected chi connectivity index (χ2v) is 5.00. The highest BCUT2D eigenvalue weighted by Gasteiger charge is 2.09. The van der Waals surface area contributed by atoms with Crippen LogP contribution >= 0.6 is 22.7 Å². The van der Waals surface area contributed by atoms with Crippen LogP contribution in [0.5, 0.6) is 0 Å².